The van der Waals surface area contributed by atoms with Crippen molar-refractivity contribution in [3.8, 4) is 11.8 Å². The number of fused-ring (bicyclic) bond motifs is 1. The average Bonchev–Trinajstić information content (AvgIpc) is 2.80. The molecule has 0 aliphatic carbocycles. The van der Waals surface area contributed by atoms with Crippen molar-refractivity contribution in [1.29, 1.82) is 0 Å². The van der Waals surface area contributed by atoms with Crippen LogP contribution < -0.4 is 10.2 Å². The van der Waals surface area contributed by atoms with E-state index in [0.29, 0.717) is 23.7 Å². The second kappa shape index (κ2) is 4.95. The Bertz CT molecular complexity index is 712. The Morgan fingerprint density at radius 1 is 1.45 bits per heavy atom. The summed E-state index contributed by atoms with van der Waals surface area (Å²) in [4.78, 5) is 11.5. The second-order valence-corrected chi connectivity index (χ2v) is 4.65. The average molecular weight is 265 g/mol. The zero-order valence-electron chi connectivity index (χ0n) is 11.3. The predicted octanol–water partition coefficient (Wildman–Crippen LogP) is 2.49. The van der Waals surface area contributed by atoms with E-state index in [1.54, 1.807) is 6.92 Å². The van der Waals surface area contributed by atoms with Gasteiger partial charge in [0.25, 0.3) is 0 Å². The van der Waals surface area contributed by atoms with Gasteiger partial charge in [0.15, 0.2) is 0 Å². The fourth-order valence-electron chi connectivity index (χ4n) is 2.18. The van der Waals surface area contributed by atoms with E-state index < -0.39 is 0 Å². The number of hydrogen-bond acceptors (Lipinski definition) is 4. The van der Waals surface area contributed by atoms with Gasteiger partial charge in [-0.3, -0.25) is 0 Å². The molecule has 1 aromatic carbocycles. The monoisotopic (exact) mass is 265 g/mol. The number of nitrogens with zero attached hydrogens (tertiary/aromatic N) is 3. The quantitative estimate of drug-likeness (QED) is 0.618. The number of hydrogen-bond donors (Lipinski definition) is 0. The minimum atomic E-state index is 0.135. The minimum Gasteiger partial charge on any atom is -0.427 e. The molecule has 0 N–H and O–H groups in total. The van der Waals surface area contributed by atoms with Gasteiger partial charge >= 0.3 is 12.9 Å². The lowest BCUT2D eigenvalue weighted by atomic mass is 9.64. The summed E-state index contributed by atoms with van der Waals surface area (Å²) in [6, 6.07) is 6.08. The first-order valence-electron chi connectivity index (χ1n) is 6.31. The lowest BCUT2D eigenvalue weighted by Crippen LogP contribution is -2.23. The maximum absolute atomic E-state index is 6.97. The molecule has 0 spiro atoms. The van der Waals surface area contributed by atoms with Crippen LogP contribution >= 0.6 is 0 Å². The summed E-state index contributed by atoms with van der Waals surface area (Å²) in [6.45, 7) is 11.5. The van der Waals surface area contributed by atoms with Crippen LogP contribution in [0.5, 0.6) is 11.8 Å². The molecule has 0 saturated heterocycles. The van der Waals surface area contributed by atoms with Crippen LogP contribution in [0, 0.1) is 13.5 Å². The summed E-state index contributed by atoms with van der Waals surface area (Å²) in [5.74, 6) is 0.677. The fourth-order valence-corrected chi connectivity index (χ4v) is 2.18. The summed E-state index contributed by atoms with van der Waals surface area (Å²) in [5, 5.41) is 0. The highest BCUT2D eigenvalue weighted by Gasteiger charge is 2.23. The third-order valence-corrected chi connectivity index (χ3v) is 3.30. The Morgan fingerprint density at radius 3 is 3.05 bits per heavy atom. The smallest absolute Gasteiger partial charge is 0.324 e. The van der Waals surface area contributed by atoms with Crippen LogP contribution in [0.4, 0.5) is 5.69 Å². The van der Waals surface area contributed by atoms with Crippen molar-refractivity contribution < 1.29 is 9.39 Å². The van der Waals surface area contributed by atoms with Crippen LogP contribution in [-0.4, -0.2) is 16.9 Å². The number of rotatable bonds is 2. The molecule has 0 bridgehead atoms. The van der Waals surface area contributed by atoms with Crippen molar-refractivity contribution in [2.45, 2.75) is 20.4 Å². The second-order valence-electron chi connectivity index (χ2n) is 4.65. The van der Waals surface area contributed by atoms with Crippen LogP contribution in [0.1, 0.15) is 11.3 Å². The highest BCUT2D eigenvalue weighted by molar-refractivity contribution is 6.67. The van der Waals surface area contributed by atoms with Gasteiger partial charge in [-0.05, 0) is 30.1 Å². The highest BCUT2D eigenvalue weighted by atomic mass is 16.5. The maximum atomic E-state index is 6.97. The number of aromatic nitrogens is 2. The largest absolute Gasteiger partial charge is 0.427 e. The summed E-state index contributed by atoms with van der Waals surface area (Å²) in [7, 11) is 0. The van der Waals surface area contributed by atoms with E-state index in [9.17, 15) is 0 Å². The van der Waals surface area contributed by atoms with Crippen molar-refractivity contribution in [3.63, 3.8) is 0 Å². The van der Waals surface area contributed by atoms with Crippen LogP contribution in [0.15, 0.2) is 24.4 Å². The van der Waals surface area contributed by atoms with Crippen LogP contribution in [0.25, 0.3) is 4.85 Å². The van der Waals surface area contributed by atoms with Gasteiger partial charge in [0.2, 0.25) is 5.69 Å². The third-order valence-electron chi connectivity index (χ3n) is 3.30. The Balaban J connectivity index is 1.85. The molecule has 6 heteroatoms. The normalized spacial score (nSPS) is 12.9. The van der Waals surface area contributed by atoms with Gasteiger partial charge in [0.05, 0.1) is 18.9 Å². The molecule has 0 unspecified atom stereocenters. The zero-order valence-corrected chi connectivity index (χ0v) is 11.3. The molecule has 1 aliphatic rings. The SMILES string of the molecule is [C-]#[N+]c1cnc(Oc2ccc3c(c2)COB3C)nc1C. The van der Waals surface area contributed by atoms with Gasteiger partial charge in [0.1, 0.15) is 5.75 Å². The van der Waals surface area contributed by atoms with Gasteiger partial charge in [-0.2, -0.15) is 0 Å². The molecule has 20 heavy (non-hydrogen) atoms. The molecular weight excluding hydrogens is 253 g/mol. The van der Waals surface area contributed by atoms with Crippen molar-refractivity contribution in [2.75, 3.05) is 0 Å². The molecule has 98 valence electrons. The molecule has 0 amide bonds. The Labute approximate surface area is 117 Å². The molecule has 0 atom stereocenters. The van der Waals surface area contributed by atoms with E-state index in [2.05, 4.69) is 14.8 Å². The lowest BCUT2D eigenvalue weighted by molar-refractivity contribution is 0.333. The Hall–Kier alpha value is -2.39. The van der Waals surface area contributed by atoms with Gasteiger partial charge in [-0.25, -0.2) is 14.8 Å². The van der Waals surface area contributed by atoms with E-state index in [4.69, 9.17) is 16.0 Å². The molecule has 1 aliphatic heterocycles. The number of ether oxygens (including phenoxy) is 1. The van der Waals surface area contributed by atoms with Crippen molar-refractivity contribution >= 4 is 18.1 Å². The summed E-state index contributed by atoms with van der Waals surface area (Å²) in [6.07, 6.45) is 1.48. The maximum Gasteiger partial charge on any atom is 0.324 e. The Morgan fingerprint density at radius 2 is 2.30 bits per heavy atom. The van der Waals surface area contributed by atoms with Crippen LogP contribution in [0.3, 0.4) is 0 Å². The van der Waals surface area contributed by atoms with E-state index >= 15 is 0 Å². The van der Waals surface area contributed by atoms with E-state index in [1.807, 2.05) is 25.0 Å². The molecule has 3 rings (SSSR count). The lowest BCUT2D eigenvalue weighted by Gasteiger charge is -2.07. The Kier molecular flexibility index (Phi) is 3.13. The molecule has 5 nitrogen and oxygen atoms in total. The zero-order chi connectivity index (χ0) is 14.1. The first-order valence-corrected chi connectivity index (χ1v) is 6.31. The standard InChI is InChI=1S/C14H12BN3O2/c1-9-13(16-3)7-17-14(18-9)20-11-4-5-12-10(6-11)8-19-15(12)2/h4-7H,8H2,1-2H3. The summed E-state index contributed by atoms with van der Waals surface area (Å²) >= 11 is 0. The van der Waals surface area contributed by atoms with Gasteiger partial charge in [-0.1, -0.05) is 12.9 Å². The van der Waals surface area contributed by atoms with Crippen LogP contribution in [0.2, 0.25) is 6.82 Å². The molecule has 1 aromatic heterocycles. The number of aryl methyl sites for hydroxylation is 1. The van der Waals surface area contributed by atoms with E-state index in [-0.39, 0.29) is 12.9 Å². The first-order chi connectivity index (χ1) is 9.67. The minimum absolute atomic E-state index is 0.135. The molecular formula is C14H12BN3O2. The van der Waals surface area contributed by atoms with Crippen molar-refractivity contribution in [2.24, 2.45) is 0 Å². The molecule has 2 aromatic rings. The van der Waals surface area contributed by atoms with E-state index in [1.165, 1.54) is 11.7 Å². The fraction of sp³-hybridized carbons (Fsp3) is 0.214. The topological polar surface area (TPSA) is 48.6 Å². The predicted molar refractivity (Wildman–Crippen MR) is 75.6 cm³/mol. The molecule has 0 fully saturated rings. The first kappa shape index (κ1) is 12.6. The molecule has 0 saturated carbocycles. The van der Waals surface area contributed by atoms with Crippen LogP contribution in [-0.2, 0) is 11.3 Å². The molecule has 0 radical (unpaired) electrons. The molecule has 2 heterocycles. The van der Waals surface area contributed by atoms with Gasteiger partial charge in [-0.15, -0.1) is 0 Å². The third kappa shape index (κ3) is 2.24. The van der Waals surface area contributed by atoms with Crippen molar-refractivity contribution in [3.05, 3.63) is 47.1 Å². The van der Waals surface area contributed by atoms with Gasteiger partial charge in [0, 0.05) is 6.20 Å². The summed E-state index contributed by atoms with van der Waals surface area (Å²) in [5.41, 5.74) is 3.37. The highest BCUT2D eigenvalue weighted by Crippen LogP contribution is 2.23. The van der Waals surface area contributed by atoms with E-state index in [0.717, 1.165) is 5.56 Å². The summed E-state index contributed by atoms with van der Waals surface area (Å²) < 4.78 is 11.2. The number of benzene rings is 1. The van der Waals surface area contributed by atoms with Crippen molar-refractivity contribution in [1.82, 2.24) is 9.97 Å². The van der Waals surface area contributed by atoms with Gasteiger partial charge < -0.3 is 9.39 Å².